The lowest BCUT2D eigenvalue weighted by atomic mass is 10.1. The van der Waals surface area contributed by atoms with E-state index in [1.54, 1.807) is 62.4 Å². The maximum atomic E-state index is 14.0. The number of rotatable bonds is 9. The van der Waals surface area contributed by atoms with Gasteiger partial charge in [-0.1, -0.05) is 65.1 Å². The van der Waals surface area contributed by atoms with Crippen molar-refractivity contribution in [2.45, 2.75) is 57.6 Å². The highest BCUT2D eigenvalue weighted by molar-refractivity contribution is 7.92. The van der Waals surface area contributed by atoms with Crippen molar-refractivity contribution in [2.75, 3.05) is 10.8 Å². The molecule has 0 unspecified atom stereocenters. The molecule has 3 rings (SSSR count). The summed E-state index contributed by atoms with van der Waals surface area (Å²) in [5.41, 5.74) is 1.04. The largest absolute Gasteiger partial charge is 0.350 e. The number of aryl methyl sites for hydroxylation is 1. The average Bonchev–Trinajstić information content (AvgIpc) is 2.88. The fraction of sp³-hybridized carbons (Fsp3) is 0.310. The monoisotopic (exact) mass is 623 g/mol. The van der Waals surface area contributed by atoms with Gasteiger partial charge in [-0.15, -0.1) is 0 Å². The number of halogens is 3. The topological polar surface area (TPSA) is 86.8 Å². The maximum absolute atomic E-state index is 14.0. The number of hydrogen-bond acceptors (Lipinski definition) is 4. The summed E-state index contributed by atoms with van der Waals surface area (Å²) in [7, 11) is -4.18. The zero-order valence-corrected chi connectivity index (χ0v) is 26.0. The molecule has 0 aliphatic heterocycles. The van der Waals surface area contributed by atoms with Crippen molar-refractivity contribution < 1.29 is 18.0 Å². The second-order valence-corrected chi connectivity index (χ2v) is 13.5. The fourth-order valence-electron chi connectivity index (χ4n) is 3.88. The molecule has 11 heteroatoms. The van der Waals surface area contributed by atoms with Crippen molar-refractivity contribution in [3.8, 4) is 0 Å². The lowest BCUT2D eigenvalue weighted by Crippen LogP contribution is -2.54. The van der Waals surface area contributed by atoms with E-state index in [0.29, 0.717) is 20.6 Å². The predicted octanol–water partition coefficient (Wildman–Crippen LogP) is 6.48. The smallest absolute Gasteiger partial charge is 0.264 e. The second-order valence-electron chi connectivity index (χ2n) is 10.4. The van der Waals surface area contributed by atoms with Crippen LogP contribution in [0.1, 0.15) is 38.8 Å². The number of anilines is 1. The van der Waals surface area contributed by atoms with Gasteiger partial charge in [0.1, 0.15) is 12.6 Å². The molecule has 214 valence electrons. The van der Waals surface area contributed by atoms with Crippen LogP contribution in [0.15, 0.2) is 71.6 Å². The highest BCUT2D eigenvalue weighted by atomic mass is 35.5. The van der Waals surface area contributed by atoms with Crippen LogP contribution in [-0.4, -0.2) is 43.3 Å². The molecule has 0 fully saturated rings. The summed E-state index contributed by atoms with van der Waals surface area (Å²) in [6.07, 6.45) is 0. The predicted molar refractivity (Wildman–Crippen MR) is 162 cm³/mol. The van der Waals surface area contributed by atoms with Crippen molar-refractivity contribution in [1.29, 1.82) is 0 Å². The number of hydrogen-bond donors (Lipinski definition) is 1. The first-order valence-electron chi connectivity index (χ1n) is 12.5. The fourth-order valence-corrected chi connectivity index (χ4v) is 5.80. The Morgan fingerprint density at radius 2 is 1.55 bits per heavy atom. The summed E-state index contributed by atoms with van der Waals surface area (Å²) in [5, 5.41) is 3.87. The number of sulfonamides is 1. The van der Waals surface area contributed by atoms with Crippen LogP contribution in [0.2, 0.25) is 15.1 Å². The van der Waals surface area contributed by atoms with Crippen molar-refractivity contribution in [2.24, 2.45) is 0 Å². The molecule has 0 spiro atoms. The highest BCUT2D eigenvalue weighted by Gasteiger charge is 2.33. The summed E-state index contributed by atoms with van der Waals surface area (Å²) in [5.74, 6) is -0.990. The minimum Gasteiger partial charge on any atom is -0.350 e. The summed E-state index contributed by atoms with van der Waals surface area (Å²) >= 11 is 18.6. The SMILES string of the molecule is Cc1ccc(N(CC(=O)N(Cc2ccc(Cl)c(Cl)c2)[C@H](C)C(=O)NC(C)(C)C)S(=O)(=O)c2ccccc2)cc1Cl. The molecule has 40 heavy (non-hydrogen) atoms. The molecule has 1 N–H and O–H groups in total. The first-order valence-corrected chi connectivity index (χ1v) is 15.1. The summed E-state index contributed by atoms with van der Waals surface area (Å²) in [4.78, 5) is 28.5. The maximum Gasteiger partial charge on any atom is 0.264 e. The van der Waals surface area contributed by atoms with Gasteiger partial charge >= 0.3 is 0 Å². The first kappa shape index (κ1) is 31.7. The van der Waals surface area contributed by atoms with Crippen molar-refractivity contribution in [1.82, 2.24) is 10.2 Å². The Bertz CT molecular complexity index is 1490. The minimum atomic E-state index is -4.18. The van der Waals surface area contributed by atoms with Gasteiger partial charge < -0.3 is 10.2 Å². The van der Waals surface area contributed by atoms with Gasteiger partial charge in [0, 0.05) is 17.1 Å². The molecule has 7 nitrogen and oxygen atoms in total. The summed E-state index contributed by atoms with van der Waals surface area (Å²) in [6.45, 7) is 8.29. The van der Waals surface area contributed by atoms with Crippen LogP contribution in [0.5, 0.6) is 0 Å². The molecule has 0 saturated heterocycles. The van der Waals surface area contributed by atoms with Crippen LogP contribution >= 0.6 is 34.8 Å². The number of nitrogens with zero attached hydrogens (tertiary/aromatic N) is 2. The number of nitrogens with one attached hydrogen (secondary N) is 1. The molecular weight excluding hydrogens is 593 g/mol. The number of benzene rings is 3. The molecule has 0 aliphatic rings. The summed E-state index contributed by atoms with van der Waals surface area (Å²) in [6, 6.07) is 16.6. The molecule has 0 saturated carbocycles. The van der Waals surface area contributed by atoms with Gasteiger partial charge in [0.05, 0.1) is 20.6 Å². The molecule has 0 aromatic heterocycles. The van der Waals surface area contributed by atoms with Gasteiger partial charge in [0.2, 0.25) is 11.8 Å². The standard InChI is InChI=1S/C29H32Cl3N3O4S/c1-19-11-13-22(16-25(19)31)35(40(38,39)23-9-7-6-8-10-23)18-27(36)34(20(2)28(37)33-29(3,4)5)17-21-12-14-24(30)26(32)15-21/h6-16,20H,17-18H2,1-5H3,(H,33,37)/t20-/m1/s1. The van der Waals surface area contributed by atoms with E-state index in [4.69, 9.17) is 34.8 Å². The Morgan fingerprint density at radius 1 is 0.900 bits per heavy atom. The molecule has 0 aliphatic carbocycles. The van der Waals surface area contributed by atoms with E-state index in [0.717, 1.165) is 9.87 Å². The quantitative estimate of drug-likeness (QED) is 0.295. The number of carbonyl (C=O) groups excluding carboxylic acids is 2. The molecule has 0 bridgehead atoms. The Hall–Kier alpha value is -2.78. The van der Waals surface area contributed by atoms with Crippen LogP contribution in [0.4, 0.5) is 5.69 Å². The third-order valence-corrected chi connectivity index (χ3v) is 8.99. The zero-order chi connectivity index (χ0) is 29.8. The van der Waals surface area contributed by atoms with E-state index in [9.17, 15) is 18.0 Å². The Labute approximate surface area is 251 Å². The number of carbonyl (C=O) groups is 2. The van der Waals surface area contributed by atoms with Crippen LogP contribution in [0.25, 0.3) is 0 Å². The van der Waals surface area contributed by atoms with E-state index in [1.165, 1.54) is 23.1 Å². The third kappa shape index (κ3) is 7.91. The Morgan fingerprint density at radius 3 is 2.12 bits per heavy atom. The molecule has 3 aromatic carbocycles. The van der Waals surface area contributed by atoms with Crippen LogP contribution in [0.3, 0.4) is 0 Å². The van der Waals surface area contributed by atoms with E-state index in [-0.39, 0.29) is 17.1 Å². The summed E-state index contributed by atoms with van der Waals surface area (Å²) < 4.78 is 28.6. The second kappa shape index (κ2) is 12.8. The zero-order valence-electron chi connectivity index (χ0n) is 22.9. The van der Waals surface area contributed by atoms with E-state index >= 15 is 0 Å². The van der Waals surface area contributed by atoms with Gasteiger partial charge in [0.25, 0.3) is 10.0 Å². The van der Waals surface area contributed by atoms with Crippen LogP contribution < -0.4 is 9.62 Å². The van der Waals surface area contributed by atoms with Gasteiger partial charge in [-0.2, -0.15) is 0 Å². The van der Waals surface area contributed by atoms with Gasteiger partial charge in [-0.05, 0) is 82.1 Å². The lowest BCUT2D eigenvalue weighted by Gasteiger charge is -2.33. The Kier molecular flexibility index (Phi) is 10.2. The normalized spacial score (nSPS) is 12.5. The molecule has 3 aromatic rings. The minimum absolute atomic E-state index is 0.00838. The van der Waals surface area contributed by atoms with E-state index in [1.807, 2.05) is 20.8 Å². The van der Waals surface area contributed by atoms with E-state index in [2.05, 4.69) is 5.32 Å². The molecule has 0 heterocycles. The Balaban J connectivity index is 2.06. The molecule has 2 amide bonds. The lowest BCUT2D eigenvalue weighted by molar-refractivity contribution is -0.140. The van der Waals surface area contributed by atoms with Crippen LogP contribution in [0, 0.1) is 6.92 Å². The van der Waals surface area contributed by atoms with Crippen molar-refractivity contribution in [3.63, 3.8) is 0 Å². The van der Waals surface area contributed by atoms with Gasteiger partial charge in [0.15, 0.2) is 0 Å². The average molecular weight is 625 g/mol. The van der Waals surface area contributed by atoms with Gasteiger partial charge in [-0.25, -0.2) is 8.42 Å². The van der Waals surface area contributed by atoms with E-state index < -0.39 is 40.0 Å². The van der Waals surface area contributed by atoms with Gasteiger partial charge in [-0.3, -0.25) is 13.9 Å². The van der Waals surface area contributed by atoms with Crippen LogP contribution in [-0.2, 0) is 26.2 Å². The third-order valence-electron chi connectivity index (χ3n) is 6.06. The number of amides is 2. The molecule has 1 atom stereocenters. The van der Waals surface area contributed by atoms with Crippen molar-refractivity contribution >= 4 is 62.3 Å². The molecular formula is C29H32Cl3N3O4S. The highest BCUT2D eigenvalue weighted by Crippen LogP contribution is 2.29. The molecule has 0 radical (unpaired) electrons. The first-order chi connectivity index (χ1) is 18.6. The van der Waals surface area contributed by atoms with Crippen molar-refractivity contribution in [3.05, 3.63) is 92.9 Å².